The van der Waals surface area contributed by atoms with Crippen LogP contribution in [0.4, 0.5) is 0 Å². The van der Waals surface area contributed by atoms with E-state index in [4.69, 9.17) is 4.74 Å². The van der Waals surface area contributed by atoms with Crippen LogP contribution in [0.2, 0.25) is 0 Å². The van der Waals surface area contributed by atoms with Crippen LogP contribution in [0, 0.1) is 17.3 Å². The molecule has 2 aliphatic rings. The van der Waals surface area contributed by atoms with Gasteiger partial charge in [0.25, 0.3) is 0 Å². The molecule has 3 rings (SSSR count). The smallest absolute Gasteiger partial charge is 0.0685 e. The van der Waals surface area contributed by atoms with Gasteiger partial charge in [0.1, 0.15) is 0 Å². The standard InChI is InChI=1S/C17H26N2O/c1-11(2)14(13-7-5-6-9-18-13)19-15-12-8-10-20-16(12)17(15,3)4/h5-7,9,11-12,14-16,19H,8,10H2,1-4H3. The highest BCUT2D eigenvalue weighted by Gasteiger charge is 2.59. The van der Waals surface area contributed by atoms with E-state index in [-0.39, 0.29) is 5.41 Å². The van der Waals surface area contributed by atoms with Gasteiger partial charge < -0.3 is 10.1 Å². The van der Waals surface area contributed by atoms with Crippen LogP contribution in [0.1, 0.15) is 45.9 Å². The summed E-state index contributed by atoms with van der Waals surface area (Å²) in [6, 6.07) is 7.04. The fraction of sp³-hybridized carbons (Fsp3) is 0.706. The first-order chi connectivity index (χ1) is 9.51. The van der Waals surface area contributed by atoms with Gasteiger partial charge in [0.05, 0.1) is 17.8 Å². The highest BCUT2D eigenvalue weighted by molar-refractivity contribution is 5.15. The lowest BCUT2D eigenvalue weighted by atomic mass is 9.57. The first-order valence-electron chi connectivity index (χ1n) is 7.80. The average Bonchev–Trinajstić information content (AvgIpc) is 2.86. The Bertz CT molecular complexity index is 457. The second-order valence-corrected chi connectivity index (χ2v) is 7.19. The van der Waals surface area contributed by atoms with Gasteiger partial charge in [0, 0.05) is 30.2 Å². The molecule has 1 aromatic heterocycles. The molecule has 110 valence electrons. The van der Waals surface area contributed by atoms with Crippen LogP contribution < -0.4 is 5.32 Å². The van der Waals surface area contributed by atoms with Crippen LogP contribution in [0.25, 0.3) is 0 Å². The summed E-state index contributed by atoms with van der Waals surface area (Å²) in [6.45, 7) is 10.1. The lowest BCUT2D eigenvalue weighted by molar-refractivity contribution is -0.117. The van der Waals surface area contributed by atoms with E-state index in [9.17, 15) is 0 Å². The Labute approximate surface area is 122 Å². The van der Waals surface area contributed by atoms with Crippen LogP contribution in [0.3, 0.4) is 0 Å². The lowest BCUT2D eigenvalue weighted by Crippen LogP contribution is -2.66. The molecule has 0 spiro atoms. The largest absolute Gasteiger partial charge is 0.377 e. The Balaban J connectivity index is 1.78. The van der Waals surface area contributed by atoms with Crippen molar-refractivity contribution >= 4 is 0 Å². The number of pyridine rings is 1. The molecule has 3 nitrogen and oxygen atoms in total. The molecular weight excluding hydrogens is 248 g/mol. The predicted octanol–water partition coefficient (Wildman–Crippen LogP) is 3.18. The van der Waals surface area contributed by atoms with Gasteiger partial charge in [0.2, 0.25) is 0 Å². The first-order valence-corrected chi connectivity index (χ1v) is 7.80. The van der Waals surface area contributed by atoms with E-state index in [0.29, 0.717) is 30.0 Å². The molecule has 0 amide bonds. The third-order valence-corrected chi connectivity index (χ3v) is 5.13. The fourth-order valence-electron chi connectivity index (χ4n) is 4.04. The summed E-state index contributed by atoms with van der Waals surface area (Å²) in [4.78, 5) is 4.55. The van der Waals surface area contributed by atoms with E-state index in [2.05, 4.69) is 50.1 Å². The van der Waals surface area contributed by atoms with Crippen molar-refractivity contribution in [3.05, 3.63) is 30.1 Å². The van der Waals surface area contributed by atoms with Crippen molar-refractivity contribution in [1.29, 1.82) is 0 Å². The van der Waals surface area contributed by atoms with Gasteiger partial charge in [-0.2, -0.15) is 0 Å². The maximum atomic E-state index is 5.89. The Hall–Kier alpha value is -0.930. The van der Waals surface area contributed by atoms with E-state index in [1.165, 1.54) is 6.42 Å². The number of ether oxygens (including phenoxy) is 1. The normalized spacial score (nSPS) is 32.8. The van der Waals surface area contributed by atoms with E-state index >= 15 is 0 Å². The van der Waals surface area contributed by atoms with Crippen molar-refractivity contribution in [1.82, 2.24) is 10.3 Å². The zero-order valence-corrected chi connectivity index (χ0v) is 13.0. The van der Waals surface area contributed by atoms with E-state index < -0.39 is 0 Å². The molecule has 1 aromatic rings. The topological polar surface area (TPSA) is 34.1 Å². The van der Waals surface area contributed by atoms with Crippen LogP contribution in [-0.4, -0.2) is 23.7 Å². The van der Waals surface area contributed by atoms with Crippen molar-refractivity contribution in [3.63, 3.8) is 0 Å². The summed E-state index contributed by atoms with van der Waals surface area (Å²) in [7, 11) is 0. The minimum atomic E-state index is 0.225. The highest BCUT2D eigenvalue weighted by Crippen LogP contribution is 2.52. The first kappa shape index (κ1) is 14.0. The summed E-state index contributed by atoms with van der Waals surface area (Å²) in [5.41, 5.74) is 1.38. The van der Waals surface area contributed by atoms with Gasteiger partial charge in [-0.3, -0.25) is 4.98 Å². The van der Waals surface area contributed by atoms with Gasteiger partial charge in [-0.1, -0.05) is 33.8 Å². The average molecular weight is 274 g/mol. The quantitative estimate of drug-likeness (QED) is 0.915. The zero-order chi connectivity index (χ0) is 14.3. The molecule has 4 unspecified atom stereocenters. The number of rotatable bonds is 4. The molecule has 1 aliphatic carbocycles. The summed E-state index contributed by atoms with van der Waals surface area (Å²) >= 11 is 0. The van der Waals surface area contributed by atoms with Gasteiger partial charge in [-0.25, -0.2) is 0 Å². The third kappa shape index (κ3) is 2.17. The minimum Gasteiger partial charge on any atom is -0.377 e. The zero-order valence-electron chi connectivity index (χ0n) is 13.0. The summed E-state index contributed by atoms with van der Waals surface area (Å²) in [5, 5.41) is 3.89. The van der Waals surface area contributed by atoms with Crippen molar-refractivity contribution < 1.29 is 4.74 Å². The molecular formula is C17H26N2O. The molecule has 0 aromatic carbocycles. The van der Waals surface area contributed by atoms with Crippen molar-refractivity contribution in [3.8, 4) is 0 Å². The van der Waals surface area contributed by atoms with Gasteiger partial charge in [-0.15, -0.1) is 0 Å². The van der Waals surface area contributed by atoms with Crippen LogP contribution in [-0.2, 0) is 4.74 Å². The van der Waals surface area contributed by atoms with Crippen LogP contribution >= 0.6 is 0 Å². The van der Waals surface area contributed by atoms with Crippen LogP contribution in [0.5, 0.6) is 0 Å². The SMILES string of the molecule is CC(C)C(NC1C2CCOC2C1(C)C)c1ccccn1. The monoisotopic (exact) mass is 274 g/mol. The van der Waals surface area contributed by atoms with Crippen molar-refractivity contribution in [2.45, 2.75) is 52.3 Å². The molecule has 3 heteroatoms. The summed E-state index contributed by atoms with van der Waals surface area (Å²) in [6.07, 6.45) is 3.52. The number of nitrogens with one attached hydrogen (secondary N) is 1. The molecule has 4 atom stereocenters. The Morgan fingerprint density at radius 3 is 2.80 bits per heavy atom. The molecule has 2 fully saturated rings. The maximum absolute atomic E-state index is 5.89. The second kappa shape index (κ2) is 5.12. The predicted molar refractivity (Wildman–Crippen MR) is 80.4 cm³/mol. The fourth-order valence-corrected chi connectivity index (χ4v) is 4.04. The number of fused-ring (bicyclic) bond motifs is 1. The molecule has 2 heterocycles. The Morgan fingerprint density at radius 1 is 1.35 bits per heavy atom. The van der Waals surface area contributed by atoms with E-state index in [1.54, 1.807) is 0 Å². The lowest BCUT2D eigenvalue weighted by Gasteiger charge is -2.56. The number of nitrogens with zero attached hydrogens (tertiary/aromatic N) is 1. The van der Waals surface area contributed by atoms with Gasteiger partial charge in [0.15, 0.2) is 0 Å². The minimum absolute atomic E-state index is 0.225. The third-order valence-electron chi connectivity index (χ3n) is 5.13. The van der Waals surface area contributed by atoms with E-state index in [1.807, 2.05) is 12.3 Å². The Kier molecular flexibility index (Phi) is 3.59. The maximum Gasteiger partial charge on any atom is 0.0685 e. The number of hydrogen-bond donors (Lipinski definition) is 1. The van der Waals surface area contributed by atoms with Crippen molar-refractivity contribution in [2.75, 3.05) is 6.61 Å². The molecule has 1 aliphatic heterocycles. The molecule has 1 N–H and O–H groups in total. The number of hydrogen-bond acceptors (Lipinski definition) is 3. The molecule has 0 radical (unpaired) electrons. The highest BCUT2D eigenvalue weighted by atomic mass is 16.5. The molecule has 1 saturated heterocycles. The van der Waals surface area contributed by atoms with Gasteiger partial charge in [-0.05, 0) is 24.5 Å². The summed E-state index contributed by atoms with van der Waals surface area (Å²) < 4.78 is 5.89. The van der Waals surface area contributed by atoms with Crippen molar-refractivity contribution in [2.24, 2.45) is 17.3 Å². The molecule has 1 saturated carbocycles. The Morgan fingerprint density at radius 2 is 2.15 bits per heavy atom. The van der Waals surface area contributed by atoms with E-state index in [0.717, 1.165) is 12.3 Å². The van der Waals surface area contributed by atoms with Gasteiger partial charge >= 0.3 is 0 Å². The summed E-state index contributed by atoms with van der Waals surface area (Å²) in [5.74, 6) is 1.21. The molecule has 0 bridgehead atoms. The number of aromatic nitrogens is 1. The second-order valence-electron chi connectivity index (χ2n) is 7.19. The van der Waals surface area contributed by atoms with Crippen LogP contribution in [0.15, 0.2) is 24.4 Å². The molecule has 20 heavy (non-hydrogen) atoms.